The molecule has 126 valence electrons. The number of carbonyl (C=O) groups excluding carboxylic acids is 1. The molecule has 0 bridgehead atoms. The summed E-state index contributed by atoms with van der Waals surface area (Å²) < 4.78 is 5.26. The van der Waals surface area contributed by atoms with Gasteiger partial charge in [-0.3, -0.25) is 4.79 Å². The molecule has 1 aromatic rings. The summed E-state index contributed by atoms with van der Waals surface area (Å²) in [7, 11) is 3.64. The van der Waals surface area contributed by atoms with E-state index in [1.54, 1.807) is 7.11 Å². The molecule has 0 aromatic heterocycles. The molecule has 0 radical (unpaired) electrons. The zero-order chi connectivity index (χ0) is 17.1. The van der Waals surface area contributed by atoms with Crippen LogP contribution in [0.2, 0.25) is 0 Å². The van der Waals surface area contributed by atoms with Crippen molar-refractivity contribution in [3.63, 3.8) is 0 Å². The summed E-state index contributed by atoms with van der Waals surface area (Å²) in [6, 6.07) is 5.65. The average Bonchev–Trinajstić information content (AvgIpc) is 2.82. The number of aliphatic hydroxyl groups is 1. The molecule has 3 atom stereocenters. The summed E-state index contributed by atoms with van der Waals surface area (Å²) in [4.78, 5) is 18.2. The highest BCUT2D eigenvalue weighted by Crippen LogP contribution is 2.35. The van der Waals surface area contributed by atoms with Gasteiger partial charge in [0.15, 0.2) is 0 Å². The van der Waals surface area contributed by atoms with Crippen LogP contribution in [0.5, 0.6) is 0 Å². The Bertz CT molecular complexity index is 615. The van der Waals surface area contributed by atoms with Crippen molar-refractivity contribution < 1.29 is 14.6 Å². The highest BCUT2D eigenvalue weighted by Gasteiger charge is 2.35. The number of hydrogen-bond donors (Lipinski definition) is 2. The summed E-state index contributed by atoms with van der Waals surface area (Å²) in [5.41, 5.74) is 7.91. The van der Waals surface area contributed by atoms with Crippen LogP contribution in [0.15, 0.2) is 23.2 Å². The summed E-state index contributed by atoms with van der Waals surface area (Å²) in [5, 5.41) is 10.0. The maximum atomic E-state index is 11.6. The van der Waals surface area contributed by atoms with E-state index in [2.05, 4.69) is 4.99 Å². The number of benzene rings is 1. The van der Waals surface area contributed by atoms with Crippen molar-refractivity contribution in [2.45, 2.75) is 38.4 Å². The second kappa shape index (κ2) is 7.10. The van der Waals surface area contributed by atoms with Crippen molar-refractivity contribution in [2.24, 2.45) is 10.7 Å². The first kappa shape index (κ1) is 17.4. The van der Waals surface area contributed by atoms with Crippen molar-refractivity contribution in [3.05, 3.63) is 29.3 Å². The molecule has 0 spiro atoms. The second-order valence-electron chi connectivity index (χ2n) is 6.12. The molecule has 3 unspecified atom stereocenters. The van der Waals surface area contributed by atoms with Gasteiger partial charge >= 0.3 is 0 Å². The molecule has 0 heterocycles. The number of carbonyl (C=O) groups is 1. The maximum Gasteiger partial charge on any atom is 0.227 e. The minimum absolute atomic E-state index is 0.111. The van der Waals surface area contributed by atoms with Gasteiger partial charge in [-0.1, -0.05) is 6.07 Å². The zero-order valence-electron chi connectivity index (χ0n) is 14.1. The number of primary amides is 1. The van der Waals surface area contributed by atoms with Crippen molar-refractivity contribution in [2.75, 3.05) is 20.7 Å². The zero-order valence-corrected chi connectivity index (χ0v) is 14.1. The third-order valence-electron chi connectivity index (χ3n) is 4.36. The lowest BCUT2D eigenvalue weighted by Crippen LogP contribution is -2.32. The van der Waals surface area contributed by atoms with Crippen LogP contribution in [0.1, 0.15) is 30.9 Å². The molecule has 3 N–H and O–H groups in total. The number of hydrogen-bond acceptors (Lipinski definition) is 4. The molecule has 23 heavy (non-hydrogen) atoms. The minimum atomic E-state index is -0.743. The number of methoxy groups -OCH3 is 1. The van der Waals surface area contributed by atoms with Crippen molar-refractivity contribution in [1.82, 2.24) is 4.90 Å². The third kappa shape index (κ3) is 3.89. The Morgan fingerprint density at radius 3 is 2.87 bits per heavy atom. The molecular formula is C17H25N3O3. The van der Waals surface area contributed by atoms with Crippen LogP contribution in [-0.4, -0.2) is 54.7 Å². The van der Waals surface area contributed by atoms with Crippen molar-refractivity contribution in [3.8, 4) is 0 Å². The maximum absolute atomic E-state index is 11.6. The molecule has 6 heteroatoms. The van der Waals surface area contributed by atoms with E-state index in [1.807, 2.05) is 44.0 Å². The van der Waals surface area contributed by atoms with Gasteiger partial charge in [0.2, 0.25) is 5.91 Å². The van der Waals surface area contributed by atoms with Gasteiger partial charge in [-0.2, -0.15) is 0 Å². The van der Waals surface area contributed by atoms with E-state index in [0.29, 0.717) is 6.42 Å². The molecule has 0 aliphatic heterocycles. The Morgan fingerprint density at radius 2 is 2.26 bits per heavy atom. The monoisotopic (exact) mass is 319 g/mol. The van der Waals surface area contributed by atoms with Crippen LogP contribution in [0, 0.1) is 0 Å². The number of rotatable bonds is 5. The average molecular weight is 319 g/mol. The van der Waals surface area contributed by atoms with Gasteiger partial charge in [0.1, 0.15) is 5.84 Å². The van der Waals surface area contributed by atoms with Crippen molar-refractivity contribution in [1.29, 1.82) is 0 Å². The highest BCUT2D eigenvalue weighted by molar-refractivity contribution is 5.85. The van der Waals surface area contributed by atoms with E-state index in [0.717, 1.165) is 29.2 Å². The predicted molar refractivity (Wildman–Crippen MR) is 90.0 cm³/mol. The molecule has 0 saturated carbocycles. The Morgan fingerprint density at radius 1 is 1.57 bits per heavy atom. The first-order chi connectivity index (χ1) is 10.8. The molecule has 1 aliphatic carbocycles. The minimum Gasteiger partial charge on any atom is -0.392 e. The highest BCUT2D eigenvalue weighted by atomic mass is 16.5. The molecular weight excluding hydrogens is 294 g/mol. The van der Waals surface area contributed by atoms with Crippen molar-refractivity contribution >= 4 is 17.4 Å². The van der Waals surface area contributed by atoms with Crippen LogP contribution in [0.4, 0.5) is 5.69 Å². The first-order valence-corrected chi connectivity index (χ1v) is 7.73. The standard InChI is InChI=1S/C17H25N3O3/c1-10(23-4)9-20(3)11(2)19-13-6-5-12-7-15(21)16(17(18)22)14(12)8-13/h5-6,8,10,15-16,21H,7,9H2,1-4H3,(H2,18,22). The SMILES string of the molecule is COC(C)CN(C)C(C)=Nc1ccc2c(c1)C(C(N)=O)C(O)C2. The molecule has 0 saturated heterocycles. The number of ether oxygens (including phenoxy) is 1. The molecule has 1 aliphatic rings. The Balaban J connectivity index is 2.22. The number of amidine groups is 1. The second-order valence-corrected chi connectivity index (χ2v) is 6.12. The van der Waals surface area contributed by atoms with Crippen LogP contribution in [0.3, 0.4) is 0 Å². The van der Waals surface area contributed by atoms with Crippen LogP contribution >= 0.6 is 0 Å². The van der Waals surface area contributed by atoms with Gasteiger partial charge < -0.3 is 20.5 Å². The summed E-state index contributed by atoms with van der Waals surface area (Å²) >= 11 is 0. The summed E-state index contributed by atoms with van der Waals surface area (Å²) in [5.74, 6) is -0.296. The van der Waals surface area contributed by atoms with E-state index in [4.69, 9.17) is 10.5 Å². The number of amides is 1. The normalized spacial score (nSPS) is 21.9. The van der Waals surface area contributed by atoms with E-state index in [-0.39, 0.29) is 6.10 Å². The Labute approximate surface area is 137 Å². The number of fused-ring (bicyclic) bond motifs is 1. The smallest absolute Gasteiger partial charge is 0.227 e. The van der Waals surface area contributed by atoms with Gasteiger partial charge in [0.05, 0.1) is 23.8 Å². The molecule has 1 amide bonds. The topological polar surface area (TPSA) is 88.1 Å². The van der Waals surface area contributed by atoms with Crippen LogP contribution in [0.25, 0.3) is 0 Å². The lowest BCUT2D eigenvalue weighted by molar-refractivity contribution is -0.121. The lowest BCUT2D eigenvalue weighted by atomic mass is 9.99. The van der Waals surface area contributed by atoms with Crippen LogP contribution in [-0.2, 0) is 16.0 Å². The molecule has 2 rings (SSSR count). The van der Waals surface area contributed by atoms with Crippen LogP contribution < -0.4 is 5.73 Å². The van der Waals surface area contributed by atoms with Gasteiger partial charge in [-0.15, -0.1) is 0 Å². The van der Waals surface area contributed by atoms with E-state index < -0.39 is 17.9 Å². The largest absolute Gasteiger partial charge is 0.392 e. The first-order valence-electron chi connectivity index (χ1n) is 7.73. The molecule has 0 fully saturated rings. The lowest BCUT2D eigenvalue weighted by Gasteiger charge is -2.22. The number of nitrogens with zero attached hydrogens (tertiary/aromatic N) is 2. The Hall–Kier alpha value is -1.92. The summed E-state index contributed by atoms with van der Waals surface area (Å²) in [6.07, 6.45) is -0.176. The quantitative estimate of drug-likeness (QED) is 0.630. The fourth-order valence-electron chi connectivity index (χ4n) is 2.89. The van der Waals surface area contributed by atoms with Gasteiger partial charge in [-0.05, 0) is 43.5 Å². The number of aliphatic imine (C=N–C) groups is 1. The van der Waals surface area contributed by atoms with Gasteiger partial charge in [0, 0.05) is 20.7 Å². The van der Waals surface area contributed by atoms with E-state index in [1.165, 1.54) is 0 Å². The third-order valence-corrected chi connectivity index (χ3v) is 4.36. The number of nitrogens with two attached hydrogens (primary N) is 1. The number of likely N-dealkylation sites (N-methyl/N-ethyl adjacent to an activating group) is 1. The Kier molecular flexibility index (Phi) is 5.38. The van der Waals surface area contributed by atoms with Gasteiger partial charge in [-0.25, -0.2) is 4.99 Å². The number of aliphatic hydroxyl groups excluding tert-OH is 1. The fourth-order valence-corrected chi connectivity index (χ4v) is 2.89. The fraction of sp³-hybridized carbons (Fsp3) is 0.529. The van der Waals surface area contributed by atoms with E-state index in [9.17, 15) is 9.90 Å². The molecule has 6 nitrogen and oxygen atoms in total. The van der Waals surface area contributed by atoms with Gasteiger partial charge in [0.25, 0.3) is 0 Å². The van der Waals surface area contributed by atoms with E-state index >= 15 is 0 Å². The predicted octanol–water partition coefficient (Wildman–Crippen LogP) is 1.19. The molecule has 1 aromatic carbocycles. The summed E-state index contributed by atoms with van der Waals surface area (Å²) in [6.45, 7) is 4.66.